The van der Waals surface area contributed by atoms with Crippen molar-refractivity contribution in [3.8, 4) is 0 Å². The highest BCUT2D eigenvalue weighted by Crippen LogP contribution is 2.31. The van der Waals surface area contributed by atoms with Crippen molar-refractivity contribution in [1.82, 2.24) is 0 Å². The van der Waals surface area contributed by atoms with Crippen LogP contribution in [0.4, 0.5) is 0 Å². The third kappa shape index (κ3) is 3.96. The summed E-state index contributed by atoms with van der Waals surface area (Å²) in [5, 5.41) is -0.844. The molecule has 0 unspecified atom stereocenters. The molecule has 0 spiro atoms. The summed E-state index contributed by atoms with van der Waals surface area (Å²) >= 11 is 27.1. The second-order valence-electron chi connectivity index (χ2n) is 1.69. The lowest BCUT2D eigenvalue weighted by Crippen LogP contribution is -2.01. The fourth-order valence-electron chi connectivity index (χ4n) is 0.359. The zero-order valence-electron chi connectivity index (χ0n) is 6.21. The lowest BCUT2D eigenvalue weighted by Gasteiger charge is -2.00. The Kier molecular flexibility index (Phi) is 6.18. The SMILES string of the molecule is COC(=O)/C(Cl)=C(/Cl)C(Cl)=C(Cl)Cl. The Bertz CT molecular complexity index is 277. The number of esters is 1. The molecule has 0 saturated heterocycles. The van der Waals surface area contributed by atoms with E-state index in [1.54, 1.807) is 0 Å². The Hall–Kier alpha value is 0.400. The lowest BCUT2D eigenvalue weighted by molar-refractivity contribution is -0.135. The summed E-state index contributed by atoms with van der Waals surface area (Å²) in [6, 6.07) is 0. The van der Waals surface area contributed by atoms with Crippen molar-refractivity contribution in [2.45, 2.75) is 0 Å². The van der Waals surface area contributed by atoms with Gasteiger partial charge in [-0.1, -0.05) is 58.0 Å². The van der Waals surface area contributed by atoms with E-state index in [9.17, 15) is 4.79 Å². The van der Waals surface area contributed by atoms with E-state index >= 15 is 0 Å². The van der Waals surface area contributed by atoms with Gasteiger partial charge in [0.1, 0.15) is 9.52 Å². The summed E-state index contributed by atoms with van der Waals surface area (Å²) < 4.78 is 4.00. The zero-order chi connectivity index (χ0) is 10.6. The third-order valence-corrected chi connectivity index (χ3v) is 2.78. The van der Waals surface area contributed by atoms with Crippen molar-refractivity contribution in [3.63, 3.8) is 0 Å². The normalized spacial score (nSPS) is 11.8. The maximum Gasteiger partial charge on any atom is 0.351 e. The minimum atomic E-state index is -0.820. The van der Waals surface area contributed by atoms with Crippen molar-refractivity contribution < 1.29 is 9.53 Å². The summed E-state index contributed by atoms with van der Waals surface area (Å²) in [6.45, 7) is 0. The first-order valence-electron chi connectivity index (χ1n) is 2.76. The molecule has 0 bridgehead atoms. The van der Waals surface area contributed by atoms with Crippen LogP contribution in [0, 0.1) is 0 Å². The Labute approximate surface area is 100.0 Å². The smallest absolute Gasteiger partial charge is 0.351 e. The molecule has 0 amide bonds. The molecule has 0 rings (SSSR count). The van der Waals surface area contributed by atoms with Gasteiger partial charge in [0.2, 0.25) is 0 Å². The summed E-state index contributed by atoms with van der Waals surface area (Å²) in [6.07, 6.45) is 0. The van der Waals surface area contributed by atoms with E-state index in [0.717, 1.165) is 7.11 Å². The minimum Gasteiger partial charge on any atom is -0.465 e. The molecule has 0 aromatic heterocycles. The number of carbonyl (C=O) groups excluding carboxylic acids is 1. The number of carbonyl (C=O) groups is 1. The van der Waals surface area contributed by atoms with Gasteiger partial charge >= 0.3 is 5.97 Å². The van der Waals surface area contributed by atoms with Crippen LogP contribution in [0.3, 0.4) is 0 Å². The fraction of sp³-hybridized carbons (Fsp3) is 0.167. The van der Waals surface area contributed by atoms with Crippen LogP contribution < -0.4 is 0 Å². The predicted octanol–water partition coefficient (Wildman–Crippen LogP) is 3.73. The third-order valence-electron chi connectivity index (χ3n) is 0.916. The number of methoxy groups -OCH3 is 1. The van der Waals surface area contributed by atoms with Gasteiger partial charge in [-0.05, 0) is 0 Å². The van der Waals surface area contributed by atoms with Gasteiger partial charge in [-0.2, -0.15) is 0 Å². The molecule has 0 aliphatic carbocycles. The molecule has 2 nitrogen and oxygen atoms in total. The van der Waals surface area contributed by atoms with Crippen LogP contribution >= 0.6 is 58.0 Å². The number of hydrogen-bond donors (Lipinski definition) is 0. The summed E-state index contributed by atoms with van der Waals surface area (Å²) in [5.74, 6) is -0.820. The molecule has 0 aromatic rings. The Morgan fingerprint density at radius 1 is 0.923 bits per heavy atom. The summed E-state index contributed by atoms with van der Waals surface area (Å²) in [5.41, 5.74) is 0. The highest BCUT2D eigenvalue weighted by molar-refractivity contribution is 6.62. The van der Waals surface area contributed by atoms with Crippen molar-refractivity contribution in [3.05, 3.63) is 19.6 Å². The van der Waals surface area contributed by atoms with Gasteiger partial charge in [0.05, 0.1) is 17.2 Å². The first-order valence-corrected chi connectivity index (χ1v) is 4.65. The quantitative estimate of drug-likeness (QED) is 0.439. The first kappa shape index (κ1) is 13.4. The minimum absolute atomic E-state index is 0.208. The van der Waals surface area contributed by atoms with Gasteiger partial charge in [0.15, 0.2) is 0 Å². The summed E-state index contributed by atoms with van der Waals surface area (Å²) in [7, 11) is 1.15. The van der Waals surface area contributed by atoms with E-state index < -0.39 is 5.97 Å². The Balaban J connectivity index is 5.05. The molecule has 0 aliphatic rings. The van der Waals surface area contributed by atoms with Gasteiger partial charge in [-0.3, -0.25) is 0 Å². The zero-order valence-corrected chi connectivity index (χ0v) is 9.99. The van der Waals surface area contributed by atoms with Crippen molar-refractivity contribution in [2.75, 3.05) is 7.11 Å². The van der Waals surface area contributed by atoms with Crippen molar-refractivity contribution in [2.24, 2.45) is 0 Å². The molecule has 13 heavy (non-hydrogen) atoms. The number of hydrogen-bond acceptors (Lipinski definition) is 2. The predicted molar refractivity (Wildman–Crippen MR) is 55.3 cm³/mol. The van der Waals surface area contributed by atoms with Crippen LogP contribution in [0.2, 0.25) is 0 Å². The maximum absolute atomic E-state index is 10.8. The highest BCUT2D eigenvalue weighted by atomic mass is 35.5. The molecule has 7 heteroatoms. The van der Waals surface area contributed by atoms with Gasteiger partial charge in [0.25, 0.3) is 0 Å². The summed E-state index contributed by atoms with van der Waals surface area (Å²) in [4.78, 5) is 10.8. The van der Waals surface area contributed by atoms with Gasteiger partial charge in [0, 0.05) is 0 Å². The largest absolute Gasteiger partial charge is 0.465 e. The van der Waals surface area contributed by atoms with Crippen LogP contribution in [-0.2, 0) is 9.53 Å². The van der Waals surface area contributed by atoms with Crippen LogP contribution in [0.15, 0.2) is 19.6 Å². The number of ether oxygens (including phenoxy) is 1. The molecular formula is C6H3Cl5O2. The van der Waals surface area contributed by atoms with Crippen molar-refractivity contribution >= 4 is 64.0 Å². The molecular weight excluding hydrogens is 281 g/mol. The second-order valence-corrected chi connectivity index (χ2v) is 3.78. The first-order chi connectivity index (χ1) is 5.91. The number of rotatable bonds is 2. The Morgan fingerprint density at radius 2 is 1.38 bits per heavy atom. The van der Waals surface area contributed by atoms with Crippen molar-refractivity contribution in [1.29, 1.82) is 0 Å². The van der Waals surface area contributed by atoms with E-state index in [1.807, 2.05) is 0 Å². The average molecular weight is 284 g/mol. The Morgan fingerprint density at radius 3 is 1.69 bits per heavy atom. The van der Waals surface area contributed by atoms with E-state index in [0.29, 0.717) is 0 Å². The van der Waals surface area contributed by atoms with Crippen LogP contribution in [-0.4, -0.2) is 13.1 Å². The molecule has 0 atom stereocenters. The second kappa shape index (κ2) is 5.99. The molecule has 0 aliphatic heterocycles. The van der Waals surface area contributed by atoms with E-state index in [1.165, 1.54) is 0 Å². The van der Waals surface area contributed by atoms with Gasteiger partial charge < -0.3 is 4.74 Å². The maximum atomic E-state index is 10.8. The molecule has 74 valence electrons. The van der Waals surface area contributed by atoms with E-state index in [-0.39, 0.29) is 19.6 Å². The fourth-order valence-corrected chi connectivity index (χ4v) is 1.13. The topological polar surface area (TPSA) is 26.3 Å². The molecule has 0 aromatic carbocycles. The highest BCUT2D eigenvalue weighted by Gasteiger charge is 2.16. The molecule has 0 heterocycles. The van der Waals surface area contributed by atoms with E-state index in [2.05, 4.69) is 4.74 Å². The standard InChI is InChI=1S/C6H3Cl5O2/c1-13-6(12)4(9)2(7)3(8)5(10)11/h1H3/b4-2-. The molecule has 0 fully saturated rings. The lowest BCUT2D eigenvalue weighted by atomic mass is 10.4. The van der Waals surface area contributed by atoms with Gasteiger partial charge in [-0.15, -0.1) is 0 Å². The van der Waals surface area contributed by atoms with Crippen LogP contribution in [0.1, 0.15) is 0 Å². The average Bonchev–Trinajstić information content (AvgIpc) is 2.12. The molecule has 0 saturated carbocycles. The molecule has 0 N–H and O–H groups in total. The van der Waals surface area contributed by atoms with Gasteiger partial charge in [-0.25, -0.2) is 4.79 Å². The number of halogens is 5. The van der Waals surface area contributed by atoms with Crippen LogP contribution in [0.25, 0.3) is 0 Å². The van der Waals surface area contributed by atoms with Crippen LogP contribution in [0.5, 0.6) is 0 Å². The number of allylic oxidation sites excluding steroid dienone is 2. The monoisotopic (exact) mass is 282 g/mol. The van der Waals surface area contributed by atoms with E-state index in [4.69, 9.17) is 58.0 Å². The molecule has 0 radical (unpaired) electrons.